The molecule has 0 saturated carbocycles. The van der Waals surface area contributed by atoms with Crippen LogP contribution in [0.1, 0.15) is 55.5 Å². The summed E-state index contributed by atoms with van der Waals surface area (Å²) in [7, 11) is -1.82. The van der Waals surface area contributed by atoms with E-state index >= 15 is 0 Å². The smallest absolute Gasteiger partial charge is 0.242 e. The van der Waals surface area contributed by atoms with Crippen LogP contribution in [0.5, 0.6) is 0 Å². The van der Waals surface area contributed by atoms with Gasteiger partial charge < -0.3 is 4.57 Å². The Morgan fingerprint density at radius 2 is 1.49 bits per heavy atom. The third-order valence-electron chi connectivity index (χ3n) is 8.93. The van der Waals surface area contributed by atoms with Crippen LogP contribution in [0.2, 0.25) is 0 Å². The van der Waals surface area contributed by atoms with E-state index in [0.717, 1.165) is 37.1 Å². The van der Waals surface area contributed by atoms with Gasteiger partial charge in [-0.05, 0) is 81.3 Å². The standard InChI is InChI=1S/C32H38N4O2S/c1-24-33-31-15-9-10-16-32(31)36(24)29-21-27-17-18-28(22-29)35(27)20-19-26(25-11-5-3-6-12-25)23-34(2)39(37,38)30-13-7-4-8-14-30/h3-16,26-29H,17-23H2,1-2H3/t26?,27-,28+,29+. The molecule has 1 unspecified atom stereocenters. The van der Waals surface area contributed by atoms with Gasteiger partial charge in [0.25, 0.3) is 0 Å². The third kappa shape index (κ3) is 5.15. The highest BCUT2D eigenvalue weighted by molar-refractivity contribution is 7.89. The number of aryl methyl sites for hydroxylation is 1. The van der Waals surface area contributed by atoms with Gasteiger partial charge in [0.2, 0.25) is 10.0 Å². The monoisotopic (exact) mass is 542 g/mol. The van der Waals surface area contributed by atoms with E-state index < -0.39 is 10.0 Å². The number of aromatic nitrogens is 2. The first kappa shape index (κ1) is 26.2. The van der Waals surface area contributed by atoms with E-state index in [1.807, 2.05) is 12.1 Å². The lowest BCUT2D eigenvalue weighted by Gasteiger charge is -2.40. The lowest BCUT2D eigenvalue weighted by molar-refractivity contribution is 0.103. The summed E-state index contributed by atoms with van der Waals surface area (Å²) >= 11 is 0. The van der Waals surface area contributed by atoms with Crippen LogP contribution < -0.4 is 0 Å². The molecule has 2 saturated heterocycles. The van der Waals surface area contributed by atoms with Crippen molar-refractivity contribution >= 4 is 21.1 Å². The Hall–Kier alpha value is -3.00. The maximum absolute atomic E-state index is 13.3. The van der Waals surface area contributed by atoms with E-state index in [1.54, 1.807) is 31.3 Å². The van der Waals surface area contributed by atoms with Crippen molar-refractivity contribution in [3.8, 4) is 0 Å². The molecule has 1 aromatic heterocycles. The van der Waals surface area contributed by atoms with Crippen molar-refractivity contribution in [1.29, 1.82) is 0 Å². The zero-order valence-corrected chi connectivity index (χ0v) is 23.7. The fourth-order valence-corrected chi connectivity index (χ4v) is 8.26. The van der Waals surface area contributed by atoms with Crippen molar-refractivity contribution in [2.45, 2.75) is 68.0 Å². The summed E-state index contributed by atoms with van der Waals surface area (Å²) < 4.78 is 30.6. The summed E-state index contributed by atoms with van der Waals surface area (Å²) in [5.74, 6) is 1.24. The largest absolute Gasteiger partial charge is 0.325 e. The zero-order valence-electron chi connectivity index (χ0n) is 22.9. The average molecular weight is 543 g/mol. The molecule has 3 heterocycles. The number of benzene rings is 3. The fraction of sp³-hybridized carbons (Fsp3) is 0.406. The lowest BCUT2D eigenvalue weighted by Crippen LogP contribution is -2.44. The molecule has 0 N–H and O–H groups in total. The number of rotatable bonds is 9. The number of piperidine rings is 1. The van der Waals surface area contributed by atoms with Crippen molar-refractivity contribution in [2.75, 3.05) is 20.1 Å². The molecule has 0 aliphatic carbocycles. The lowest BCUT2D eigenvalue weighted by atomic mass is 9.92. The second-order valence-corrected chi connectivity index (χ2v) is 13.3. The Balaban J connectivity index is 1.17. The minimum atomic E-state index is -3.54. The molecule has 2 aliphatic rings. The van der Waals surface area contributed by atoms with Crippen LogP contribution in [0.15, 0.2) is 89.8 Å². The molecule has 6 rings (SSSR count). The van der Waals surface area contributed by atoms with Crippen molar-refractivity contribution in [3.05, 3.63) is 96.3 Å². The quantitative estimate of drug-likeness (QED) is 0.260. The molecular formula is C32H38N4O2S. The zero-order chi connectivity index (χ0) is 27.0. The molecule has 3 aromatic carbocycles. The number of para-hydroxylation sites is 2. The Morgan fingerprint density at radius 1 is 0.872 bits per heavy atom. The summed E-state index contributed by atoms with van der Waals surface area (Å²) in [6, 6.07) is 29.3. The molecule has 39 heavy (non-hydrogen) atoms. The van der Waals surface area contributed by atoms with Crippen molar-refractivity contribution in [1.82, 2.24) is 18.8 Å². The number of hydrogen-bond acceptors (Lipinski definition) is 4. The Kier molecular flexibility index (Phi) is 7.31. The van der Waals surface area contributed by atoms with Crippen molar-refractivity contribution in [2.24, 2.45) is 0 Å². The first-order valence-electron chi connectivity index (χ1n) is 14.2. The van der Waals surface area contributed by atoms with Crippen LogP contribution in [0.4, 0.5) is 0 Å². The molecule has 4 atom stereocenters. The maximum atomic E-state index is 13.3. The number of sulfonamides is 1. The fourth-order valence-electron chi connectivity index (χ4n) is 7.02. The second-order valence-electron chi connectivity index (χ2n) is 11.3. The van der Waals surface area contributed by atoms with E-state index in [4.69, 9.17) is 4.98 Å². The van der Waals surface area contributed by atoms with Gasteiger partial charge in [0, 0.05) is 31.7 Å². The number of fused-ring (bicyclic) bond motifs is 3. The summed E-state index contributed by atoms with van der Waals surface area (Å²) in [5, 5.41) is 0. The van der Waals surface area contributed by atoms with Crippen LogP contribution in [-0.4, -0.2) is 59.4 Å². The molecule has 4 aromatic rings. The molecule has 2 bridgehead atoms. The van der Waals surface area contributed by atoms with Gasteiger partial charge in [0.05, 0.1) is 15.9 Å². The van der Waals surface area contributed by atoms with Gasteiger partial charge in [-0.2, -0.15) is 0 Å². The van der Waals surface area contributed by atoms with E-state index in [2.05, 4.69) is 64.9 Å². The van der Waals surface area contributed by atoms with Gasteiger partial charge in [0.1, 0.15) is 5.82 Å². The number of likely N-dealkylation sites (N-methyl/N-ethyl adjacent to an activating group) is 1. The predicted octanol–water partition coefficient (Wildman–Crippen LogP) is 6.01. The van der Waals surface area contributed by atoms with Crippen LogP contribution in [0.3, 0.4) is 0 Å². The van der Waals surface area contributed by atoms with E-state index in [1.165, 1.54) is 28.2 Å². The molecule has 0 spiro atoms. The Labute approximate surface area is 232 Å². The van der Waals surface area contributed by atoms with Gasteiger partial charge in [-0.25, -0.2) is 17.7 Å². The highest BCUT2D eigenvalue weighted by atomic mass is 32.2. The summed E-state index contributed by atoms with van der Waals surface area (Å²) in [6.07, 6.45) is 5.71. The number of hydrogen-bond donors (Lipinski definition) is 0. The minimum absolute atomic E-state index is 0.131. The topological polar surface area (TPSA) is 58.4 Å². The predicted molar refractivity (Wildman–Crippen MR) is 156 cm³/mol. The van der Waals surface area contributed by atoms with Gasteiger partial charge >= 0.3 is 0 Å². The first-order chi connectivity index (χ1) is 18.9. The van der Waals surface area contributed by atoms with Crippen LogP contribution in [0.25, 0.3) is 11.0 Å². The summed E-state index contributed by atoms with van der Waals surface area (Å²) in [4.78, 5) is 7.91. The van der Waals surface area contributed by atoms with Crippen LogP contribution >= 0.6 is 0 Å². The number of nitrogens with zero attached hydrogens (tertiary/aromatic N) is 4. The third-order valence-corrected chi connectivity index (χ3v) is 10.8. The molecule has 6 nitrogen and oxygen atoms in total. The van der Waals surface area contributed by atoms with Gasteiger partial charge in [0.15, 0.2) is 0 Å². The minimum Gasteiger partial charge on any atom is -0.325 e. The van der Waals surface area contributed by atoms with E-state index in [0.29, 0.717) is 29.6 Å². The maximum Gasteiger partial charge on any atom is 0.242 e. The SMILES string of the molecule is Cc1nc2ccccc2n1[C@H]1C[C@H]2CC[C@@H](C1)N2CCC(CN(C)S(=O)(=O)c1ccccc1)c1ccccc1. The highest BCUT2D eigenvalue weighted by Crippen LogP contribution is 2.43. The average Bonchev–Trinajstić information content (AvgIpc) is 3.42. The Morgan fingerprint density at radius 3 is 2.18 bits per heavy atom. The second kappa shape index (κ2) is 10.9. The normalized spacial score (nSPS) is 22.5. The van der Waals surface area contributed by atoms with Crippen LogP contribution in [-0.2, 0) is 10.0 Å². The summed E-state index contributed by atoms with van der Waals surface area (Å²) in [5.41, 5.74) is 3.54. The van der Waals surface area contributed by atoms with Gasteiger partial charge in [-0.15, -0.1) is 0 Å². The van der Waals surface area contributed by atoms with Crippen LogP contribution in [0, 0.1) is 6.92 Å². The van der Waals surface area contributed by atoms with Gasteiger partial charge in [-0.1, -0.05) is 60.7 Å². The van der Waals surface area contributed by atoms with E-state index in [-0.39, 0.29) is 5.92 Å². The molecule has 2 fully saturated rings. The Bertz CT molecular complexity index is 1510. The van der Waals surface area contributed by atoms with Crippen molar-refractivity contribution < 1.29 is 8.42 Å². The summed E-state index contributed by atoms with van der Waals surface area (Å²) in [6.45, 7) is 3.59. The first-order valence-corrected chi connectivity index (χ1v) is 15.6. The molecule has 7 heteroatoms. The molecule has 0 radical (unpaired) electrons. The molecule has 2 aliphatic heterocycles. The molecular weight excluding hydrogens is 504 g/mol. The highest BCUT2D eigenvalue weighted by Gasteiger charge is 2.42. The van der Waals surface area contributed by atoms with Gasteiger partial charge in [-0.3, -0.25) is 4.90 Å². The molecule has 204 valence electrons. The molecule has 0 amide bonds. The van der Waals surface area contributed by atoms with Crippen molar-refractivity contribution in [3.63, 3.8) is 0 Å². The number of imidazole rings is 1. The van der Waals surface area contributed by atoms with E-state index in [9.17, 15) is 8.42 Å².